The van der Waals surface area contributed by atoms with E-state index in [4.69, 9.17) is 25.8 Å². The van der Waals surface area contributed by atoms with Crippen molar-refractivity contribution in [2.45, 2.75) is 32.4 Å². The van der Waals surface area contributed by atoms with Crippen LogP contribution in [0.25, 0.3) is 11.0 Å². The summed E-state index contributed by atoms with van der Waals surface area (Å²) < 4.78 is 47.8. The second-order valence-electron chi connectivity index (χ2n) is 8.83. The van der Waals surface area contributed by atoms with Crippen LogP contribution < -0.4 is 10.1 Å². The summed E-state index contributed by atoms with van der Waals surface area (Å²) in [6.45, 7) is 8.66. The molecule has 1 aliphatic heterocycles. The van der Waals surface area contributed by atoms with Crippen LogP contribution in [0.2, 0.25) is 30.7 Å². The van der Waals surface area contributed by atoms with Crippen molar-refractivity contribution < 1.29 is 23.0 Å². The first-order valence-electron chi connectivity index (χ1n) is 10.5. The molecule has 0 amide bonds. The van der Waals surface area contributed by atoms with Crippen LogP contribution in [0.3, 0.4) is 0 Å². The molecule has 4 rings (SSSR count). The van der Waals surface area contributed by atoms with E-state index in [1.807, 2.05) is 0 Å². The van der Waals surface area contributed by atoms with Crippen LogP contribution in [0.4, 0.5) is 14.5 Å². The molecule has 0 fully saturated rings. The van der Waals surface area contributed by atoms with Crippen LogP contribution in [0.5, 0.6) is 11.5 Å². The number of nitrogens with zero attached hydrogens (tertiary/aromatic N) is 3. The summed E-state index contributed by atoms with van der Waals surface area (Å²) >= 11 is 6.42. The van der Waals surface area contributed by atoms with Crippen molar-refractivity contribution in [3.05, 3.63) is 47.2 Å². The van der Waals surface area contributed by atoms with Gasteiger partial charge in [0.1, 0.15) is 24.7 Å². The number of hydrogen-bond donors (Lipinski definition) is 1. The first kappa shape index (κ1) is 23.5. The molecule has 11 heteroatoms. The number of aliphatic imine (C=N–C) groups is 1. The Kier molecular flexibility index (Phi) is 6.87. The van der Waals surface area contributed by atoms with Crippen LogP contribution >= 0.6 is 11.6 Å². The maximum Gasteiger partial charge on any atom is 0.289 e. The molecule has 2 aromatic heterocycles. The SMILES string of the molecule is C[Si](C)(C)CCOCn1cc(Cl)c2c(Oc3c(F)cc(NC4=NCCO4)cc3F)ccnc21. The molecular formula is C22H25ClF2N4O3Si. The van der Waals surface area contributed by atoms with Crippen molar-refractivity contribution in [2.24, 2.45) is 4.99 Å². The van der Waals surface area contributed by atoms with E-state index in [0.29, 0.717) is 35.8 Å². The van der Waals surface area contributed by atoms with Gasteiger partial charge in [0.25, 0.3) is 6.02 Å². The molecule has 0 radical (unpaired) electrons. The fourth-order valence-corrected chi connectivity index (χ4v) is 4.29. The summed E-state index contributed by atoms with van der Waals surface area (Å²) in [6, 6.07) is 4.99. The Labute approximate surface area is 196 Å². The zero-order valence-electron chi connectivity index (χ0n) is 18.6. The summed E-state index contributed by atoms with van der Waals surface area (Å²) in [5.41, 5.74) is 0.665. The van der Waals surface area contributed by atoms with Gasteiger partial charge in [-0.3, -0.25) is 0 Å². The summed E-state index contributed by atoms with van der Waals surface area (Å²) in [7, 11) is -1.21. The number of rotatable bonds is 8. The third-order valence-electron chi connectivity index (χ3n) is 4.95. The van der Waals surface area contributed by atoms with E-state index in [1.165, 1.54) is 12.3 Å². The first-order chi connectivity index (χ1) is 15.7. The predicted molar refractivity (Wildman–Crippen MR) is 127 cm³/mol. The minimum atomic E-state index is -1.21. The number of fused-ring (bicyclic) bond motifs is 1. The number of aromatic nitrogens is 2. The van der Waals surface area contributed by atoms with Crippen molar-refractivity contribution in [1.29, 1.82) is 0 Å². The highest BCUT2D eigenvalue weighted by Gasteiger charge is 2.20. The Morgan fingerprint density at radius 2 is 2.00 bits per heavy atom. The molecule has 176 valence electrons. The monoisotopic (exact) mass is 494 g/mol. The lowest BCUT2D eigenvalue weighted by atomic mass is 10.2. The second kappa shape index (κ2) is 9.66. The molecule has 1 N–H and O–H groups in total. The van der Waals surface area contributed by atoms with Gasteiger partial charge in [-0.1, -0.05) is 31.2 Å². The third-order valence-corrected chi connectivity index (χ3v) is 6.94. The predicted octanol–water partition coefficient (Wildman–Crippen LogP) is 5.87. The smallest absolute Gasteiger partial charge is 0.289 e. The number of halogens is 3. The van der Waals surface area contributed by atoms with Crippen molar-refractivity contribution in [1.82, 2.24) is 9.55 Å². The maximum absolute atomic E-state index is 14.7. The zero-order valence-corrected chi connectivity index (χ0v) is 20.4. The van der Waals surface area contributed by atoms with Gasteiger partial charge in [-0.05, 0) is 12.1 Å². The molecule has 0 bridgehead atoms. The van der Waals surface area contributed by atoms with Crippen LogP contribution in [0.1, 0.15) is 0 Å². The number of ether oxygens (including phenoxy) is 3. The van der Waals surface area contributed by atoms with Gasteiger partial charge in [0.05, 0.1) is 17.0 Å². The lowest BCUT2D eigenvalue weighted by Gasteiger charge is -2.15. The maximum atomic E-state index is 14.7. The van der Waals surface area contributed by atoms with Crippen LogP contribution in [-0.4, -0.2) is 43.4 Å². The molecule has 3 aromatic rings. The van der Waals surface area contributed by atoms with E-state index >= 15 is 0 Å². The van der Waals surface area contributed by atoms with Gasteiger partial charge in [-0.15, -0.1) is 0 Å². The average molecular weight is 495 g/mol. The number of hydrogen-bond acceptors (Lipinski definition) is 6. The number of amidine groups is 1. The van der Waals surface area contributed by atoms with Gasteiger partial charge in [0.15, 0.2) is 17.4 Å². The van der Waals surface area contributed by atoms with E-state index in [9.17, 15) is 8.78 Å². The molecule has 0 aliphatic carbocycles. The van der Waals surface area contributed by atoms with Crippen molar-refractivity contribution in [3.63, 3.8) is 0 Å². The van der Waals surface area contributed by atoms with E-state index in [0.717, 1.165) is 18.2 Å². The van der Waals surface area contributed by atoms with Gasteiger partial charge in [0, 0.05) is 44.9 Å². The fourth-order valence-electron chi connectivity index (χ4n) is 3.24. The average Bonchev–Trinajstić information content (AvgIpc) is 3.36. The topological polar surface area (TPSA) is 69.9 Å². The molecule has 33 heavy (non-hydrogen) atoms. The number of nitrogens with one attached hydrogen (secondary N) is 1. The zero-order chi connectivity index (χ0) is 23.6. The summed E-state index contributed by atoms with van der Waals surface area (Å²) in [4.78, 5) is 8.39. The molecule has 0 atom stereocenters. The van der Waals surface area contributed by atoms with E-state index < -0.39 is 25.5 Å². The summed E-state index contributed by atoms with van der Waals surface area (Å²) in [5.74, 6) is -2.12. The lowest BCUT2D eigenvalue weighted by molar-refractivity contribution is 0.0899. The van der Waals surface area contributed by atoms with Crippen LogP contribution in [-0.2, 0) is 16.2 Å². The molecule has 0 saturated carbocycles. The van der Waals surface area contributed by atoms with Crippen molar-refractivity contribution in [3.8, 4) is 11.5 Å². The molecule has 0 unspecified atom stereocenters. The Hall–Kier alpha value is -2.69. The molecule has 0 spiro atoms. The standard InChI is InChI=1S/C22H25ClF2N4O3Si/c1-33(2,3)9-8-30-13-29-12-15(23)19-18(4-5-26-21(19)29)32-20-16(24)10-14(11-17(20)25)28-22-27-6-7-31-22/h4-5,10-12H,6-9,13H2,1-3H3,(H,27,28). The highest BCUT2D eigenvalue weighted by atomic mass is 35.5. The summed E-state index contributed by atoms with van der Waals surface area (Å²) in [6.07, 6.45) is 3.16. The van der Waals surface area contributed by atoms with Crippen molar-refractivity contribution in [2.75, 3.05) is 25.1 Å². The van der Waals surface area contributed by atoms with Gasteiger partial charge in [-0.2, -0.15) is 0 Å². The number of anilines is 1. The molecular weight excluding hydrogens is 470 g/mol. The molecule has 1 aliphatic rings. The largest absolute Gasteiger partial charge is 0.463 e. The van der Waals surface area contributed by atoms with E-state index in [-0.39, 0.29) is 24.2 Å². The minimum absolute atomic E-state index is 0.164. The van der Waals surface area contributed by atoms with Crippen LogP contribution in [0, 0.1) is 11.6 Å². The highest BCUT2D eigenvalue weighted by molar-refractivity contribution is 6.76. The Bertz CT molecular complexity index is 1170. The second-order valence-corrected chi connectivity index (χ2v) is 14.9. The fraction of sp³-hybridized carbons (Fsp3) is 0.364. The van der Waals surface area contributed by atoms with Crippen LogP contribution in [0.15, 0.2) is 35.6 Å². The Morgan fingerprint density at radius 1 is 1.24 bits per heavy atom. The Balaban J connectivity index is 1.55. The third kappa shape index (κ3) is 5.63. The molecule has 3 heterocycles. The number of pyridine rings is 1. The van der Waals surface area contributed by atoms with Gasteiger partial charge in [-0.25, -0.2) is 18.8 Å². The normalized spacial score (nSPS) is 13.8. The van der Waals surface area contributed by atoms with Crippen molar-refractivity contribution >= 4 is 42.4 Å². The number of benzene rings is 1. The van der Waals surface area contributed by atoms with Gasteiger partial charge < -0.3 is 24.1 Å². The van der Waals surface area contributed by atoms with E-state index in [2.05, 4.69) is 34.9 Å². The quantitative estimate of drug-likeness (QED) is 0.313. The molecule has 0 saturated heterocycles. The molecule has 7 nitrogen and oxygen atoms in total. The highest BCUT2D eigenvalue weighted by Crippen LogP contribution is 2.37. The van der Waals surface area contributed by atoms with Gasteiger partial charge in [0.2, 0.25) is 0 Å². The minimum Gasteiger partial charge on any atom is -0.463 e. The Morgan fingerprint density at radius 3 is 2.67 bits per heavy atom. The first-order valence-corrected chi connectivity index (χ1v) is 14.6. The van der Waals surface area contributed by atoms with E-state index in [1.54, 1.807) is 10.8 Å². The lowest BCUT2D eigenvalue weighted by Crippen LogP contribution is -2.22. The summed E-state index contributed by atoms with van der Waals surface area (Å²) in [5, 5.41) is 3.53. The van der Waals surface area contributed by atoms with Gasteiger partial charge >= 0.3 is 0 Å². The molecule has 1 aromatic carbocycles.